The second kappa shape index (κ2) is 12.6. The smallest absolute Gasteiger partial charge is 0.183 e. The van der Waals surface area contributed by atoms with Gasteiger partial charge in [0.1, 0.15) is 0 Å². The molecule has 0 unspecified atom stereocenters. The summed E-state index contributed by atoms with van der Waals surface area (Å²) in [4.78, 5) is 0. The Morgan fingerprint density at radius 3 is 2.14 bits per heavy atom. The number of methoxy groups -OCH3 is 1. The minimum absolute atomic E-state index is 0.419. The summed E-state index contributed by atoms with van der Waals surface area (Å²) in [7, 11) is -1.10. The predicted octanol–water partition coefficient (Wildman–Crippen LogP) is 5.60. The first kappa shape index (κ1) is 26.8. The first-order valence-electron chi connectivity index (χ1n) is 11.5. The third-order valence-electron chi connectivity index (χ3n) is 5.36. The summed E-state index contributed by atoms with van der Waals surface area (Å²) in [6.07, 6.45) is 5.66. The molecule has 172 valence electrons. The molecule has 0 radical (unpaired) electrons. The third-order valence-corrected chi connectivity index (χ3v) is 7.50. The van der Waals surface area contributed by atoms with Crippen molar-refractivity contribution in [1.82, 2.24) is 5.01 Å². The fourth-order valence-corrected chi connectivity index (χ4v) is 5.24. The summed E-state index contributed by atoms with van der Waals surface area (Å²) in [5.41, 5.74) is 1.33. The van der Waals surface area contributed by atoms with Crippen LogP contribution >= 0.6 is 0 Å². The van der Waals surface area contributed by atoms with Gasteiger partial charge in [-0.2, -0.15) is 5.10 Å². The van der Waals surface area contributed by atoms with Crippen LogP contribution in [-0.2, 0) is 13.6 Å². The maximum atomic E-state index is 6.13. The lowest BCUT2D eigenvalue weighted by Gasteiger charge is -2.28. The van der Waals surface area contributed by atoms with E-state index in [1.165, 1.54) is 18.6 Å². The highest BCUT2D eigenvalue weighted by molar-refractivity contribution is 6.70. The number of rotatable bonds is 14. The van der Waals surface area contributed by atoms with Crippen LogP contribution in [-0.4, -0.2) is 66.9 Å². The van der Waals surface area contributed by atoms with E-state index in [1.54, 1.807) is 7.11 Å². The SMILES string of the molecule is COC[C@@H]1CCCN1N=C([C@@H](C)CCCO[Si](C)(C)C)[C@@H](C)CCO[Si](C)(C)C. The normalized spacial score (nSPS) is 20.9. The molecule has 7 heteroatoms. The molecule has 1 fully saturated rings. The molecule has 1 rings (SSSR count). The van der Waals surface area contributed by atoms with E-state index >= 15 is 0 Å². The number of ether oxygens (including phenoxy) is 1. The molecule has 3 atom stereocenters. The monoisotopic (exact) mass is 444 g/mol. The van der Waals surface area contributed by atoms with Crippen molar-refractivity contribution in [3.63, 3.8) is 0 Å². The largest absolute Gasteiger partial charge is 0.418 e. The average molecular weight is 445 g/mol. The van der Waals surface area contributed by atoms with E-state index in [-0.39, 0.29) is 0 Å². The van der Waals surface area contributed by atoms with Gasteiger partial charge in [-0.05, 0) is 83.2 Å². The van der Waals surface area contributed by atoms with Crippen molar-refractivity contribution in [3.05, 3.63) is 0 Å². The second-order valence-electron chi connectivity index (χ2n) is 10.6. The molecule has 0 aromatic rings. The minimum Gasteiger partial charge on any atom is -0.418 e. The standard InChI is InChI=1S/C22H48N2O3Si2/c1-19(12-11-16-26-28(4,5)6)22(20(2)14-17-27-29(7,8)9)23-24-15-10-13-21(24)18-25-3/h19-21H,10-18H2,1-9H3/t19-,20-,21-/m0/s1. The molecule has 5 nitrogen and oxygen atoms in total. The molecule has 29 heavy (non-hydrogen) atoms. The molecule has 1 aliphatic heterocycles. The van der Waals surface area contributed by atoms with E-state index in [0.717, 1.165) is 45.6 Å². The molecular weight excluding hydrogens is 396 g/mol. The molecule has 0 spiro atoms. The Bertz CT molecular complexity index is 489. The molecule has 0 N–H and O–H groups in total. The average Bonchev–Trinajstić information content (AvgIpc) is 3.01. The van der Waals surface area contributed by atoms with Crippen LogP contribution in [0.25, 0.3) is 0 Å². The first-order chi connectivity index (χ1) is 13.4. The Hall–Kier alpha value is -0.216. The molecule has 0 bridgehead atoms. The maximum absolute atomic E-state index is 6.13. The second-order valence-corrected chi connectivity index (χ2v) is 19.6. The van der Waals surface area contributed by atoms with Crippen molar-refractivity contribution in [1.29, 1.82) is 0 Å². The van der Waals surface area contributed by atoms with Gasteiger partial charge in [0.25, 0.3) is 0 Å². The lowest BCUT2D eigenvalue weighted by atomic mass is 9.89. The highest BCUT2D eigenvalue weighted by Crippen LogP contribution is 2.24. The van der Waals surface area contributed by atoms with Gasteiger partial charge in [0.2, 0.25) is 0 Å². The van der Waals surface area contributed by atoms with Crippen LogP contribution in [0.3, 0.4) is 0 Å². The Balaban J connectivity index is 2.77. The van der Waals surface area contributed by atoms with E-state index in [2.05, 4.69) is 58.1 Å². The fourth-order valence-electron chi connectivity index (χ4n) is 3.75. The van der Waals surface area contributed by atoms with Crippen LogP contribution in [0.2, 0.25) is 39.3 Å². The zero-order chi connectivity index (χ0) is 22.1. The van der Waals surface area contributed by atoms with E-state index in [0.29, 0.717) is 17.9 Å². The topological polar surface area (TPSA) is 43.3 Å². The Morgan fingerprint density at radius 2 is 1.55 bits per heavy atom. The fraction of sp³-hybridized carbons (Fsp3) is 0.955. The van der Waals surface area contributed by atoms with E-state index in [1.807, 2.05) is 0 Å². The van der Waals surface area contributed by atoms with Crippen LogP contribution in [0.5, 0.6) is 0 Å². The number of nitrogens with zero attached hydrogens (tertiary/aromatic N) is 2. The molecule has 0 aromatic carbocycles. The zero-order valence-corrected chi connectivity index (χ0v) is 22.7. The highest BCUT2D eigenvalue weighted by Gasteiger charge is 2.27. The van der Waals surface area contributed by atoms with Crippen LogP contribution in [0.1, 0.15) is 46.0 Å². The first-order valence-corrected chi connectivity index (χ1v) is 18.4. The van der Waals surface area contributed by atoms with Crippen molar-refractivity contribution in [2.75, 3.05) is 33.5 Å². The van der Waals surface area contributed by atoms with Gasteiger partial charge >= 0.3 is 0 Å². The van der Waals surface area contributed by atoms with Gasteiger partial charge in [0, 0.05) is 32.6 Å². The maximum Gasteiger partial charge on any atom is 0.183 e. The minimum atomic E-state index is -1.47. The summed E-state index contributed by atoms with van der Waals surface area (Å²) in [5, 5.41) is 7.51. The molecule has 1 saturated heterocycles. The molecular formula is C22H48N2O3Si2. The molecule has 0 saturated carbocycles. The highest BCUT2D eigenvalue weighted by atomic mass is 28.4. The van der Waals surface area contributed by atoms with Gasteiger partial charge in [-0.1, -0.05) is 13.8 Å². The zero-order valence-electron chi connectivity index (χ0n) is 20.7. The van der Waals surface area contributed by atoms with E-state index < -0.39 is 16.6 Å². The number of hydrogen-bond acceptors (Lipinski definition) is 5. The van der Waals surface area contributed by atoms with Gasteiger partial charge in [0.05, 0.1) is 12.6 Å². The Morgan fingerprint density at radius 1 is 0.966 bits per heavy atom. The van der Waals surface area contributed by atoms with Crippen LogP contribution in [0, 0.1) is 11.8 Å². The summed E-state index contributed by atoms with van der Waals surface area (Å²) in [6.45, 7) is 21.7. The third kappa shape index (κ3) is 11.7. The number of hydrazone groups is 1. The number of hydrogen-bond donors (Lipinski definition) is 0. The Kier molecular flexibility index (Phi) is 11.6. The van der Waals surface area contributed by atoms with Gasteiger partial charge in [-0.25, -0.2) is 0 Å². The van der Waals surface area contributed by atoms with Crippen LogP contribution < -0.4 is 0 Å². The van der Waals surface area contributed by atoms with Gasteiger partial charge in [0.15, 0.2) is 16.6 Å². The van der Waals surface area contributed by atoms with Gasteiger partial charge in [-0.3, -0.25) is 5.01 Å². The van der Waals surface area contributed by atoms with Crippen LogP contribution in [0.15, 0.2) is 5.10 Å². The van der Waals surface area contributed by atoms with Crippen LogP contribution in [0.4, 0.5) is 0 Å². The van der Waals surface area contributed by atoms with Crippen molar-refractivity contribution >= 4 is 22.3 Å². The summed E-state index contributed by atoms with van der Waals surface area (Å²) < 4.78 is 17.6. The summed E-state index contributed by atoms with van der Waals surface area (Å²) in [5.74, 6) is 0.897. The summed E-state index contributed by atoms with van der Waals surface area (Å²) in [6, 6.07) is 0.419. The molecule has 1 heterocycles. The Labute approximate surface area is 182 Å². The van der Waals surface area contributed by atoms with Crippen molar-refractivity contribution in [2.45, 2.75) is 91.3 Å². The van der Waals surface area contributed by atoms with Gasteiger partial charge < -0.3 is 13.6 Å². The lowest BCUT2D eigenvalue weighted by Crippen LogP contribution is -2.33. The van der Waals surface area contributed by atoms with Crippen molar-refractivity contribution in [3.8, 4) is 0 Å². The molecule has 0 aromatic heterocycles. The molecule has 0 aliphatic carbocycles. The quantitative estimate of drug-likeness (QED) is 0.199. The van der Waals surface area contributed by atoms with E-state index in [9.17, 15) is 0 Å². The van der Waals surface area contributed by atoms with Crippen molar-refractivity contribution < 1.29 is 13.6 Å². The lowest BCUT2D eigenvalue weighted by molar-refractivity contribution is 0.117. The molecule has 0 amide bonds. The van der Waals surface area contributed by atoms with Crippen molar-refractivity contribution in [2.24, 2.45) is 16.9 Å². The predicted molar refractivity (Wildman–Crippen MR) is 130 cm³/mol. The van der Waals surface area contributed by atoms with E-state index in [4.69, 9.17) is 18.7 Å². The molecule has 1 aliphatic rings. The summed E-state index contributed by atoms with van der Waals surface area (Å²) >= 11 is 0. The van der Waals surface area contributed by atoms with Gasteiger partial charge in [-0.15, -0.1) is 0 Å².